The van der Waals surface area contributed by atoms with Crippen molar-refractivity contribution in [2.24, 2.45) is 5.92 Å². The molecule has 0 spiro atoms. The molecule has 0 radical (unpaired) electrons. The van der Waals surface area contributed by atoms with E-state index in [0.29, 0.717) is 18.9 Å². The fourth-order valence-corrected chi connectivity index (χ4v) is 2.91. The molecule has 0 bridgehead atoms. The molecule has 1 aliphatic heterocycles. The van der Waals surface area contributed by atoms with Crippen molar-refractivity contribution in [2.75, 3.05) is 23.7 Å². The van der Waals surface area contributed by atoms with Crippen LogP contribution in [0.3, 0.4) is 0 Å². The Morgan fingerprint density at radius 3 is 2.35 bits per heavy atom. The van der Waals surface area contributed by atoms with Crippen molar-refractivity contribution < 1.29 is 13.2 Å². The van der Waals surface area contributed by atoms with E-state index in [1.807, 2.05) is 11.8 Å². The molecule has 0 amide bonds. The largest absolute Gasteiger partial charge is 0.391 e. The predicted molar refractivity (Wildman–Crippen MR) is 62.3 cm³/mol. The molecular weight excluding hydrogens is 251 g/mol. The second-order valence-electron chi connectivity index (χ2n) is 4.30. The first-order valence-corrected chi connectivity index (χ1v) is 6.20. The Morgan fingerprint density at radius 1 is 1.35 bits per heavy atom. The van der Waals surface area contributed by atoms with Crippen molar-refractivity contribution in [3.05, 3.63) is 5.56 Å². The number of nitrogens with zero attached hydrogens (tertiary/aromatic N) is 2. The summed E-state index contributed by atoms with van der Waals surface area (Å²) in [4.78, 5) is 1.95. The topological polar surface area (TPSA) is 42.1 Å². The van der Waals surface area contributed by atoms with Crippen LogP contribution in [0.15, 0.2) is 0 Å². The third-order valence-corrected chi connectivity index (χ3v) is 4.21. The standard InChI is InChI=1S/C10H14F3N3S/c1-6-8(14)15-17-9(6)16-4-2-7(3-5-16)10(11,12)13/h7H,2-5H2,1H3,(H2,14,15). The Bertz CT molecular complexity index is 394. The summed E-state index contributed by atoms with van der Waals surface area (Å²) < 4.78 is 41.5. The number of rotatable bonds is 1. The van der Waals surface area contributed by atoms with E-state index in [1.54, 1.807) is 0 Å². The number of halogens is 3. The van der Waals surface area contributed by atoms with Gasteiger partial charge in [-0.05, 0) is 31.3 Å². The Kier molecular flexibility index (Phi) is 3.20. The summed E-state index contributed by atoms with van der Waals surface area (Å²) in [6.45, 7) is 2.70. The lowest BCUT2D eigenvalue weighted by Gasteiger charge is -2.33. The molecule has 7 heteroatoms. The van der Waals surface area contributed by atoms with Gasteiger partial charge in [-0.2, -0.15) is 17.5 Å². The number of piperidine rings is 1. The number of aromatic nitrogens is 1. The van der Waals surface area contributed by atoms with Gasteiger partial charge in [0.2, 0.25) is 0 Å². The highest BCUT2D eigenvalue weighted by Gasteiger charge is 2.41. The van der Waals surface area contributed by atoms with E-state index in [1.165, 1.54) is 11.5 Å². The number of anilines is 2. The van der Waals surface area contributed by atoms with Gasteiger partial charge in [-0.25, -0.2) is 0 Å². The van der Waals surface area contributed by atoms with Crippen molar-refractivity contribution in [1.29, 1.82) is 0 Å². The van der Waals surface area contributed by atoms with Gasteiger partial charge < -0.3 is 10.6 Å². The lowest BCUT2D eigenvalue weighted by atomic mass is 9.96. The highest BCUT2D eigenvalue weighted by Crippen LogP contribution is 2.37. The second-order valence-corrected chi connectivity index (χ2v) is 5.05. The van der Waals surface area contributed by atoms with Crippen LogP contribution in [-0.4, -0.2) is 23.6 Å². The Morgan fingerprint density at radius 2 is 1.94 bits per heavy atom. The maximum absolute atomic E-state index is 12.5. The second kappa shape index (κ2) is 4.36. The summed E-state index contributed by atoms with van der Waals surface area (Å²) in [6.07, 6.45) is -3.75. The lowest BCUT2D eigenvalue weighted by molar-refractivity contribution is -0.179. The third kappa shape index (κ3) is 2.48. The molecule has 0 saturated carbocycles. The van der Waals surface area contributed by atoms with E-state index in [4.69, 9.17) is 5.73 Å². The molecule has 0 aromatic carbocycles. The molecule has 2 heterocycles. The first kappa shape index (κ1) is 12.5. The van der Waals surface area contributed by atoms with Gasteiger partial charge in [-0.15, -0.1) is 0 Å². The fourth-order valence-electron chi connectivity index (χ4n) is 2.04. The molecule has 2 rings (SSSR count). The molecule has 1 aliphatic rings. The SMILES string of the molecule is Cc1c(N)nsc1N1CCC(C(F)(F)F)CC1. The van der Waals surface area contributed by atoms with Crippen LogP contribution < -0.4 is 10.6 Å². The van der Waals surface area contributed by atoms with Crippen molar-refractivity contribution in [1.82, 2.24) is 4.37 Å². The zero-order valence-corrected chi connectivity index (χ0v) is 10.2. The molecular formula is C10H14F3N3S. The molecule has 0 atom stereocenters. The van der Waals surface area contributed by atoms with Crippen LogP contribution >= 0.6 is 11.5 Å². The molecule has 1 aromatic rings. The fraction of sp³-hybridized carbons (Fsp3) is 0.700. The highest BCUT2D eigenvalue weighted by molar-refractivity contribution is 7.10. The number of nitrogen functional groups attached to an aromatic ring is 1. The van der Waals surface area contributed by atoms with Crippen LogP contribution in [-0.2, 0) is 0 Å². The van der Waals surface area contributed by atoms with Gasteiger partial charge in [-0.3, -0.25) is 0 Å². The molecule has 2 N–H and O–H groups in total. The third-order valence-electron chi connectivity index (χ3n) is 3.18. The number of hydrogen-bond donors (Lipinski definition) is 1. The first-order chi connectivity index (χ1) is 7.89. The Balaban J connectivity index is 2.02. The van der Waals surface area contributed by atoms with E-state index < -0.39 is 12.1 Å². The van der Waals surface area contributed by atoms with Crippen molar-refractivity contribution in [3.63, 3.8) is 0 Å². The lowest BCUT2D eigenvalue weighted by Crippen LogP contribution is -2.38. The molecule has 1 saturated heterocycles. The van der Waals surface area contributed by atoms with Gasteiger partial charge in [0, 0.05) is 18.7 Å². The van der Waals surface area contributed by atoms with Crippen LogP contribution in [0.1, 0.15) is 18.4 Å². The smallest absolute Gasteiger partial charge is 0.383 e. The molecule has 0 unspecified atom stereocenters. The zero-order valence-electron chi connectivity index (χ0n) is 9.42. The minimum atomic E-state index is -4.06. The Hall–Kier alpha value is -0.980. The Labute approximate surface area is 102 Å². The molecule has 3 nitrogen and oxygen atoms in total. The summed E-state index contributed by atoms with van der Waals surface area (Å²) in [6, 6.07) is 0. The number of alkyl halides is 3. The minimum absolute atomic E-state index is 0.154. The van der Waals surface area contributed by atoms with E-state index in [-0.39, 0.29) is 12.8 Å². The van der Waals surface area contributed by atoms with Gasteiger partial charge in [0.15, 0.2) is 0 Å². The van der Waals surface area contributed by atoms with Crippen LogP contribution in [0.5, 0.6) is 0 Å². The van der Waals surface area contributed by atoms with Crippen LogP contribution in [0, 0.1) is 12.8 Å². The van der Waals surface area contributed by atoms with Crippen molar-refractivity contribution in [2.45, 2.75) is 25.9 Å². The van der Waals surface area contributed by atoms with Crippen LogP contribution in [0.4, 0.5) is 24.0 Å². The van der Waals surface area contributed by atoms with E-state index in [0.717, 1.165) is 10.6 Å². The summed E-state index contributed by atoms with van der Waals surface area (Å²) >= 11 is 1.26. The summed E-state index contributed by atoms with van der Waals surface area (Å²) in [7, 11) is 0. The molecule has 1 aromatic heterocycles. The minimum Gasteiger partial charge on any atom is -0.383 e. The van der Waals surface area contributed by atoms with E-state index >= 15 is 0 Å². The molecule has 96 valence electrons. The highest BCUT2D eigenvalue weighted by atomic mass is 32.1. The average Bonchev–Trinajstić information content (AvgIpc) is 2.59. The normalized spacial score (nSPS) is 18.7. The van der Waals surface area contributed by atoms with E-state index in [9.17, 15) is 13.2 Å². The van der Waals surface area contributed by atoms with Gasteiger partial charge in [0.1, 0.15) is 10.8 Å². The molecule has 17 heavy (non-hydrogen) atoms. The molecule has 0 aliphatic carbocycles. The van der Waals surface area contributed by atoms with Crippen molar-refractivity contribution in [3.8, 4) is 0 Å². The van der Waals surface area contributed by atoms with Gasteiger partial charge in [0.25, 0.3) is 0 Å². The van der Waals surface area contributed by atoms with Gasteiger partial charge in [0.05, 0.1) is 5.92 Å². The quantitative estimate of drug-likeness (QED) is 0.849. The maximum Gasteiger partial charge on any atom is 0.391 e. The van der Waals surface area contributed by atoms with Crippen molar-refractivity contribution >= 4 is 22.4 Å². The predicted octanol–water partition coefficient (Wildman–Crippen LogP) is 2.81. The van der Waals surface area contributed by atoms with Crippen LogP contribution in [0.2, 0.25) is 0 Å². The number of nitrogens with two attached hydrogens (primary N) is 1. The summed E-state index contributed by atoms with van der Waals surface area (Å²) in [5.74, 6) is -0.688. The number of hydrogen-bond acceptors (Lipinski definition) is 4. The van der Waals surface area contributed by atoms with Gasteiger partial charge >= 0.3 is 6.18 Å². The maximum atomic E-state index is 12.5. The van der Waals surface area contributed by atoms with E-state index in [2.05, 4.69) is 4.37 Å². The first-order valence-electron chi connectivity index (χ1n) is 5.43. The van der Waals surface area contributed by atoms with Gasteiger partial charge in [-0.1, -0.05) is 0 Å². The monoisotopic (exact) mass is 265 g/mol. The zero-order chi connectivity index (χ0) is 12.6. The summed E-state index contributed by atoms with van der Waals surface area (Å²) in [5, 5.41) is 0.906. The molecule has 1 fully saturated rings. The average molecular weight is 265 g/mol. The van der Waals surface area contributed by atoms with Crippen LogP contribution in [0.25, 0.3) is 0 Å². The summed E-state index contributed by atoms with van der Waals surface area (Å²) in [5.41, 5.74) is 6.51.